The zero-order valence-corrected chi connectivity index (χ0v) is 12.4. The lowest BCUT2D eigenvalue weighted by molar-refractivity contribution is -0.133. The predicted molar refractivity (Wildman–Crippen MR) is 71.7 cm³/mol. The first-order valence-electron chi connectivity index (χ1n) is 6.57. The molecule has 0 radical (unpaired) electrons. The SMILES string of the molecule is CCN(C(=O)CN(C)S(C)(=O)=O)C1CCCCC1. The lowest BCUT2D eigenvalue weighted by Crippen LogP contribution is -2.46. The number of amides is 1. The van der Waals surface area contributed by atoms with Crippen molar-refractivity contribution >= 4 is 15.9 Å². The minimum Gasteiger partial charge on any atom is -0.339 e. The lowest BCUT2D eigenvalue weighted by atomic mass is 9.94. The van der Waals surface area contributed by atoms with Gasteiger partial charge in [0.1, 0.15) is 0 Å². The highest BCUT2D eigenvalue weighted by atomic mass is 32.2. The fourth-order valence-corrected chi connectivity index (χ4v) is 2.77. The Kier molecular flexibility index (Phi) is 5.59. The Balaban J connectivity index is 2.62. The number of nitrogens with zero attached hydrogens (tertiary/aromatic N) is 2. The zero-order chi connectivity index (χ0) is 13.8. The molecule has 0 heterocycles. The molecule has 0 aromatic rings. The summed E-state index contributed by atoms with van der Waals surface area (Å²) < 4.78 is 23.7. The van der Waals surface area contributed by atoms with Gasteiger partial charge < -0.3 is 4.90 Å². The van der Waals surface area contributed by atoms with Crippen molar-refractivity contribution in [1.29, 1.82) is 0 Å². The fraction of sp³-hybridized carbons (Fsp3) is 0.917. The molecule has 6 heteroatoms. The van der Waals surface area contributed by atoms with E-state index in [1.54, 1.807) is 0 Å². The zero-order valence-electron chi connectivity index (χ0n) is 11.6. The van der Waals surface area contributed by atoms with Crippen LogP contribution < -0.4 is 0 Å². The molecule has 1 aliphatic carbocycles. The molecule has 0 aromatic carbocycles. The van der Waals surface area contributed by atoms with Gasteiger partial charge in [0.25, 0.3) is 0 Å². The standard InChI is InChI=1S/C12H24N2O3S/c1-4-14(11-8-6-5-7-9-11)12(15)10-13(2)18(3,16)17/h11H,4-10H2,1-3H3. The Morgan fingerprint density at radius 1 is 1.22 bits per heavy atom. The van der Waals surface area contributed by atoms with Crippen LogP contribution in [0.4, 0.5) is 0 Å². The largest absolute Gasteiger partial charge is 0.339 e. The highest BCUT2D eigenvalue weighted by Crippen LogP contribution is 2.22. The van der Waals surface area contributed by atoms with Gasteiger partial charge in [0, 0.05) is 19.6 Å². The number of carbonyl (C=O) groups excluding carboxylic acids is 1. The van der Waals surface area contributed by atoms with Crippen molar-refractivity contribution in [2.45, 2.75) is 45.1 Å². The molecule has 0 aliphatic heterocycles. The van der Waals surface area contributed by atoms with Crippen molar-refractivity contribution < 1.29 is 13.2 Å². The highest BCUT2D eigenvalue weighted by Gasteiger charge is 2.26. The first-order chi connectivity index (χ1) is 8.36. The Hall–Kier alpha value is -0.620. The van der Waals surface area contributed by atoms with Crippen LogP contribution in [0.2, 0.25) is 0 Å². The van der Waals surface area contributed by atoms with Gasteiger partial charge in [0.05, 0.1) is 12.8 Å². The smallest absolute Gasteiger partial charge is 0.238 e. The van der Waals surface area contributed by atoms with E-state index in [1.807, 2.05) is 11.8 Å². The maximum absolute atomic E-state index is 12.2. The van der Waals surface area contributed by atoms with E-state index in [4.69, 9.17) is 0 Å². The molecular weight excluding hydrogens is 252 g/mol. The number of sulfonamides is 1. The monoisotopic (exact) mass is 276 g/mol. The number of hydrogen-bond donors (Lipinski definition) is 0. The molecule has 0 N–H and O–H groups in total. The number of likely N-dealkylation sites (N-methyl/N-ethyl adjacent to an activating group) is 2. The topological polar surface area (TPSA) is 57.7 Å². The van der Waals surface area contributed by atoms with Crippen molar-refractivity contribution in [2.24, 2.45) is 0 Å². The van der Waals surface area contributed by atoms with E-state index in [0.29, 0.717) is 12.6 Å². The summed E-state index contributed by atoms with van der Waals surface area (Å²) in [6.45, 7) is 2.55. The molecule has 1 fully saturated rings. The molecule has 1 amide bonds. The Labute approximate surface area is 110 Å². The average molecular weight is 276 g/mol. The van der Waals surface area contributed by atoms with Crippen molar-refractivity contribution in [3.8, 4) is 0 Å². The quantitative estimate of drug-likeness (QED) is 0.754. The summed E-state index contributed by atoms with van der Waals surface area (Å²) >= 11 is 0. The van der Waals surface area contributed by atoms with E-state index in [9.17, 15) is 13.2 Å². The summed E-state index contributed by atoms with van der Waals surface area (Å²) in [5.41, 5.74) is 0. The third-order valence-corrected chi connectivity index (χ3v) is 4.86. The van der Waals surface area contributed by atoms with Crippen LogP contribution in [0.15, 0.2) is 0 Å². The minimum atomic E-state index is -3.28. The van der Waals surface area contributed by atoms with Crippen LogP contribution in [-0.2, 0) is 14.8 Å². The molecule has 1 saturated carbocycles. The minimum absolute atomic E-state index is 0.0524. The second-order valence-electron chi connectivity index (χ2n) is 4.99. The molecule has 0 bridgehead atoms. The predicted octanol–water partition coefficient (Wildman–Crippen LogP) is 1.06. The molecule has 5 nitrogen and oxygen atoms in total. The fourth-order valence-electron chi connectivity index (χ4n) is 2.43. The summed E-state index contributed by atoms with van der Waals surface area (Å²) in [5.74, 6) is -0.0858. The van der Waals surface area contributed by atoms with E-state index in [2.05, 4.69) is 0 Å². The van der Waals surface area contributed by atoms with Gasteiger partial charge in [-0.15, -0.1) is 0 Å². The van der Waals surface area contributed by atoms with Gasteiger partial charge in [0.15, 0.2) is 0 Å². The van der Waals surface area contributed by atoms with E-state index in [-0.39, 0.29) is 12.5 Å². The van der Waals surface area contributed by atoms with Crippen LogP contribution >= 0.6 is 0 Å². The molecule has 106 valence electrons. The van der Waals surface area contributed by atoms with Gasteiger partial charge in [-0.25, -0.2) is 8.42 Å². The second-order valence-corrected chi connectivity index (χ2v) is 7.08. The van der Waals surface area contributed by atoms with Gasteiger partial charge in [-0.2, -0.15) is 4.31 Å². The van der Waals surface area contributed by atoms with Gasteiger partial charge in [-0.05, 0) is 19.8 Å². The molecule has 1 rings (SSSR count). The molecular formula is C12H24N2O3S. The summed E-state index contributed by atoms with van der Waals surface area (Å²) in [7, 11) is -1.84. The van der Waals surface area contributed by atoms with Crippen LogP contribution in [0.5, 0.6) is 0 Å². The first-order valence-corrected chi connectivity index (χ1v) is 8.42. The number of hydrogen-bond acceptors (Lipinski definition) is 3. The molecule has 1 aliphatic rings. The molecule has 0 saturated heterocycles. The van der Waals surface area contributed by atoms with Crippen LogP contribution in [0.1, 0.15) is 39.0 Å². The summed E-state index contributed by atoms with van der Waals surface area (Å²) in [5, 5.41) is 0. The van der Waals surface area contributed by atoms with Crippen molar-refractivity contribution in [3.63, 3.8) is 0 Å². The maximum atomic E-state index is 12.2. The Bertz CT molecular complexity index is 375. The van der Waals surface area contributed by atoms with Crippen LogP contribution in [-0.4, -0.2) is 56.0 Å². The van der Waals surface area contributed by atoms with Crippen LogP contribution in [0.3, 0.4) is 0 Å². The molecule has 0 unspecified atom stereocenters. The van der Waals surface area contributed by atoms with Gasteiger partial charge >= 0.3 is 0 Å². The third-order valence-electron chi connectivity index (χ3n) is 3.60. The van der Waals surface area contributed by atoms with Crippen LogP contribution in [0, 0.1) is 0 Å². The van der Waals surface area contributed by atoms with E-state index in [0.717, 1.165) is 36.2 Å². The Morgan fingerprint density at radius 3 is 2.22 bits per heavy atom. The molecule has 0 atom stereocenters. The van der Waals surface area contributed by atoms with Crippen molar-refractivity contribution in [2.75, 3.05) is 26.4 Å². The van der Waals surface area contributed by atoms with E-state index < -0.39 is 10.0 Å². The first kappa shape index (κ1) is 15.4. The number of carbonyl (C=O) groups is 1. The van der Waals surface area contributed by atoms with Crippen molar-refractivity contribution in [3.05, 3.63) is 0 Å². The molecule has 18 heavy (non-hydrogen) atoms. The van der Waals surface area contributed by atoms with E-state index in [1.165, 1.54) is 13.5 Å². The van der Waals surface area contributed by atoms with Crippen molar-refractivity contribution in [1.82, 2.24) is 9.21 Å². The highest BCUT2D eigenvalue weighted by molar-refractivity contribution is 7.88. The van der Waals surface area contributed by atoms with Gasteiger partial charge in [0.2, 0.25) is 15.9 Å². The molecule has 0 spiro atoms. The Morgan fingerprint density at radius 2 is 1.78 bits per heavy atom. The normalized spacial score (nSPS) is 18.0. The average Bonchev–Trinajstić information content (AvgIpc) is 2.30. The second kappa shape index (κ2) is 6.52. The molecule has 0 aromatic heterocycles. The van der Waals surface area contributed by atoms with Crippen LogP contribution in [0.25, 0.3) is 0 Å². The van der Waals surface area contributed by atoms with E-state index >= 15 is 0 Å². The lowest BCUT2D eigenvalue weighted by Gasteiger charge is -2.34. The van der Waals surface area contributed by atoms with Gasteiger partial charge in [-0.3, -0.25) is 4.79 Å². The summed E-state index contributed by atoms with van der Waals surface area (Å²) in [4.78, 5) is 14.0. The third kappa shape index (κ3) is 4.24. The van der Waals surface area contributed by atoms with Gasteiger partial charge in [-0.1, -0.05) is 19.3 Å². The summed E-state index contributed by atoms with van der Waals surface area (Å²) in [6, 6.07) is 0.296. The number of rotatable bonds is 5. The maximum Gasteiger partial charge on any atom is 0.238 e. The summed E-state index contributed by atoms with van der Waals surface area (Å²) in [6.07, 6.45) is 6.78.